The molecule has 20 heavy (non-hydrogen) atoms. The van der Waals surface area contributed by atoms with Crippen molar-refractivity contribution in [3.63, 3.8) is 0 Å². The van der Waals surface area contributed by atoms with E-state index in [-0.39, 0.29) is 12.5 Å². The SMILES string of the molecule is CCN(CC(C)(C)O)C(=O)c1ccc(OC)cc1OC. The zero-order chi connectivity index (χ0) is 15.3. The topological polar surface area (TPSA) is 59.0 Å². The number of rotatable bonds is 6. The number of hydrogen-bond acceptors (Lipinski definition) is 4. The molecule has 0 aliphatic rings. The number of hydrogen-bond donors (Lipinski definition) is 1. The predicted octanol–water partition coefficient (Wildman–Crippen LogP) is 1.94. The summed E-state index contributed by atoms with van der Waals surface area (Å²) < 4.78 is 10.4. The van der Waals surface area contributed by atoms with E-state index in [1.54, 1.807) is 44.1 Å². The molecule has 0 aliphatic carbocycles. The second-order valence-corrected chi connectivity index (χ2v) is 5.20. The lowest BCUT2D eigenvalue weighted by Gasteiger charge is -2.28. The Labute approximate surface area is 120 Å². The van der Waals surface area contributed by atoms with Gasteiger partial charge in [-0.15, -0.1) is 0 Å². The van der Waals surface area contributed by atoms with E-state index in [0.29, 0.717) is 23.6 Å². The molecule has 1 amide bonds. The lowest BCUT2D eigenvalue weighted by Crippen LogP contribution is -2.42. The average Bonchev–Trinajstić information content (AvgIpc) is 2.42. The van der Waals surface area contributed by atoms with Gasteiger partial charge in [-0.2, -0.15) is 0 Å². The Balaban J connectivity index is 3.06. The standard InChI is InChI=1S/C15H23NO4/c1-6-16(10-15(2,3)18)14(17)12-8-7-11(19-4)9-13(12)20-5/h7-9,18H,6,10H2,1-5H3. The molecule has 0 radical (unpaired) electrons. The van der Waals surface area contributed by atoms with Gasteiger partial charge in [-0.05, 0) is 32.9 Å². The summed E-state index contributed by atoms with van der Waals surface area (Å²) in [6, 6.07) is 5.06. The Bertz CT molecular complexity index is 465. The van der Waals surface area contributed by atoms with Gasteiger partial charge in [0, 0.05) is 19.2 Å². The Morgan fingerprint density at radius 3 is 2.40 bits per heavy atom. The van der Waals surface area contributed by atoms with Crippen molar-refractivity contribution in [3.8, 4) is 11.5 Å². The number of benzene rings is 1. The van der Waals surface area contributed by atoms with E-state index in [1.165, 1.54) is 7.11 Å². The van der Waals surface area contributed by atoms with E-state index in [2.05, 4.69) is 0 Å². The van der Waals surface area contributed by atoms with Crippen molar-refractivity contribution in [2.24, 2.45) is 0 Å². The minimum Gasteiger partial charge on any atom is -0.497 e. The van der Waals surface area contributed by atoms with Gasteiger partial charge in [-0.25, -0.2) is 0 Å². The van der Waals surface area contributed by atoms with Crippen LogP contribution in [0, 0.1) is 0 Å². The number of ether oxygens (including phenoxy) is 2. The molecule has 0 aromatic heterocycles. The third-order valence-electron chi connectivity index (χ3n) is 2.89. The number of amides is 1. The van der Waals surface area contributed by atoms with E-state index in [4.69, 9.17) is 9.47 Å². The lowest BCUT2D eigenvalue weighted by atomic mass is 10.1. The van der Waals surface area contributed by atoms with Crippen LogP contribution in [0.2, 0.25) is 0 Å². The van der Waals surface area contributed by atoms with E-state index in [1.807, 2.05) is 6.92 Å². The third-order valence-corrected chi connectivity index (χ3v) is 2.89. The van der Waals surface area contributed by atoms with Gasteiger partial charge in [0.15, 0.2) is 0 Å². The quantitative estimate of drug-likeness (QED) is 0.865. The molecule has 1 rings (SSSR count). The Hall–Kier alpha value is -1.75. The van der Waals surface area contributed by atoms with Crippen LogP contribution in [-0.4, -0.2) is 48.8 Å². The highest BCUT2D eigenvalue weighted by atomic mass is 16.5. The van der Waals surface area contributed by atoms with Crippen molar-refractivity contribution in [1.29, 1.82) is 0 Å². The van der Waals surface area contributed by atoms with Crippen LogP contribution >= 0.6 is 0 Å². The van der Waals surface area contributed by atoms with Gasteiger partial charge in [0.05, 0.1) is 25.4 Å². The highest BCUT2D eigenvalue weighted by Crippen LogP contribution is 2.26. The summed E-state index contributed by atoms with van der Waals surface area (Å²) in [7, 11) is 3.07. The molecule has 0 spiro atoms. The molecule has 1 aromatic rings. The number of likely N-dealkylation sites (N-methyl/N-ethyl adjacent to an activating group) is 1. The van der Waals surface area contributed by atoms with Crippen LogP contribution in [0.3, 0.4) is 0 Å². The summed E-state index contributed by atoms with van der Waals surface area (Å²) in [5.41, 5.74) is -0.481. The fourth-order valence-corrected chi connectivity index (χ4v) is 1.94. The molecule has 0 saturated heterocycles. The second kappa shape index (κ2) is 6.61. The Morgan fingerprint density at radius 2 is 1.95 bits per heavy atom. The van der Waals surface area contributed by atoms with Crippen LogP contribution in [0.25, 0.3) is 0 Å². The minimum atomic E-state index is -0.939. The highest BCUT2D eigenvalue weighted by Gasteiger charge is 2.24. The van der Waals surface area contributed by atoms with Crippen molar-refractivity contribution in [2.45, 2.75) is 26.4 Å². The first-order valence-corrected chi connectivity index (χ1v) is 6.56. The lowest BCUT2D eigenvalue weighted by molar-refractivity contribution is 0.0313. The first-order chi connectivity index (χ1) is 9.32. The maximum Gasteiger partial charge on any atom is 0.257 e. The zero-order valence-corrected chi connectivity index (χ0v) is 12.8. The largest absolute Gasteiger partial charge is 0.497 e. The molecule has 0 aliphatic heterocycles. The molecule has 0 bridgehead atoms. The Morgan fingerprint density at radius 1 is 1.30 bits per heavy atom. The van der Waals surface area contributed by atoms with E-state index < -0.39 is 5.60 Å². The van der Waals surface area contributed by atoms with Gasteiger partial charge >= 0.3 is 0 Å². The summed E-state index contributed by atoms with van der Waals surface area (Å²) in [6.07, 6.45) is 0. The van der Waals surface area contributed by atoms with Crippen LogP contribution in [0.15, 0.2) is 18.2 Å². The number of carbonyl (C=O) groups excluding carboxylic acids is 1. The first kappa shape index (κ1) is 16.3. The summed E-state index contributed by atoms with van der Waals surface area (Å²) in [5, 5.41) is 9.88. The van der Waals surface area contributed by atoms with Crippen LogP contribution < -0.4 is 9.47 Å². The summed E-state index contributed by atoms with van der Waals surface area (Å²) in [5.74, 6) is 0.918. The average molecular weight is 281 g/mol. The van der Waals surface area contributed by atoms with E-state index >= 15 is 0 Å². The van der Waals surface area contributed by atoms with E-state index in [9.17, 15) is 9.90 Å². The predicted molar refractivity (Wildman–Crippen MR) is 77.4 cm³/mol. The monoisotopic (exact) mass is 281 g/mol. The maximum absolute atomic E-state index is 12.5. The summed E-state index contributed by atoms with van der Waals surface area (Å²) >= 11 is 0. The molecule has 5 heteroatoms. The molecule has 112 valence electrons. The van der Waals surface area contributed by atoms with Crippen LogP contribution in [-0.2, 0) is 0 Å². The highest BCUT2D eigenvalue weighted by molar-refractivity contribution is 5.97. The van der Waals surface area contributed by atoms with Gasteiger partial charge in [0.2, 0.25) is 0 Å². The van der Waals surface area contributed by atoms with Crippen LogP contribution in [0.1, 0.15) is 31.1 Å². The molecule has 5 nitrogen and oxygen atoms in total. The van der Waals surface area contributed by atoms with Gasteiger partial charge in [-0.1, -0.05) is 0 Å². The van der Waals surface area contributed by atoms with Gasteiger partial charge < -0.3 is 19.5 Å². The third kappa shape index (κ3) is 4.13. The molecular weight excluding hydrogens is 258 g/mol. The van der Waals surface area contributed by atoms with Gasteiger partial charge in [0.25, 0.3) is 5.91 Å². The first-order valence-electron chi connectivity index (χ1n) is 6.56. The second-order valence-electron chi connectivity index (χ2n) is 5.20. The molecular formula is C15H23NO4. The van der Waals surface area contributed by atoms with Crippen molar-refractivity contribution in [3.05, 3.63) is 23.8 Å². The van der Waals surface area contributed by atoms with Crippen molar-refractivity contribution in [1.82, 2.24) is 4.90 Å². The molecule has 0 fully saturated rings. The van der Waals surface area contributed by atoms with Crippen molar-refractivity contribution >= 4 is 5.91 Å². The smallest absolute Gasteiger partial charge is 0.257 e. The fraction of sp³-hybridized carbons (Fsp3) is 0.533. The molecule has 1 N–H and O–H groups in total. The fourth-order valence-electron chi connectivity index (χ4n) is 1.94. The molecule has 0 atom stereocenters. The van der Waals surface area contributed by atoms with Crippen LogP contribution in [0.4, 0.5) is 0 Å². The molecule has 0 heterocycles. The number of methoxy groups -OCH3 is 2. The number of aliphatic hydroxyl groups is 1. The molecule has 0 unspecified atom stereocenters. The normalized spacial score (nSPS) is 11.1. The number of carbonyl (C=O) groups is 1. The zero-order valence-electron chi connectivity index (χ0n) is 12.8. The maximum atomic E-state index is 12.5. The molecule has 1 aromatic carbocycles. The van der Waals surface area contributed by atoms with Crippen molar-refractivity contribution < 1.29 is 19.4 Å². The number of nitrogens with zero attached hydrogens (tertiary/aromatic N) is 1. The summed E-state index contributed by atoms with van der Waals surface area (Å²) in [4.78, 5) is 14.1. The van der Waals surface area contributed by atoms with Gasteiger partial charge in [0.1, 0.15) is 11.5 Å². The Kier molecular flexibility index (Phi) is 5.39. The summed E-state index contributed by atoms with van der Waals surface area (Å²) in [6.45, 7) is 6.00. The van der Waals surface area contributed by atoms with Crippen LogP contribution in [0.5, 0.6) is 11.5 Å². The van der Waals surface area contributed by atoms with E-state index in [0.717, 1.165) is 0 Å². The molecule has 0 saturated carbocycles. The van der Waals surface area contributed by atoms with Gasteiger partial charge in [-0.3, -0.25) is 4.79 Å². The minimum absolute atomic E-state index is 0.172. The van der Waals surface area contributed by atoms with Crippen molar-refractivity contribution in [2.75, 3.05) is 27.3 Å².